The Morgan fingerprint density at radius 2 is 2.22 bits per heavy atom. The van der Waals surface area contributed by atoms with Crippen LogP contribution in [-0.4, -0.2) is 4.98 Å². The molecule has 0 atom stereocenters. The second kappa shape index (κ2) is 5.34. The van der Waals surface area contributed by atoms with Crippen molar-refractivity contribution in [1.29, 1.82) is 5.26 Å². The van der Waals surface area contributed by atoms with Gasteiger partial charge in [0.25, 0.3) is 0 Å². The molecule has 0 aliphatic carbocycles. The third-order valence-electron chi connectivity index (χ3n) is 2.19. The quantitative estimate of drug-likeness (QED) is 0.897. The minimum absolute atomic E-state index is 0.0545. The minimum atomic E-state index is -0.576. The highest BCUT2D eigenvalue weighted by atomic mass is 79.9. The van der Waals surface area contributed by atoms with Gasteiger partial charge in [-0.15, -0.1) is 0 Å². The predicted octanol–water partition coefficient (Wildman–Crippen LogP) is 4.25. The van der Waals surface area contributed by atoms with E-state index < -0.39 is 5.82 Å². The lowest BCUT2D eigenvalue weighted by atomic mass is 10.2. The predicted molar refractivity (Wildman–Crippen MR) is 71.3 cm³/mol. The molecule has 0 radical (unpaired) electrons. The summed E-state index contributed by atoms with van der Waals surface area (Å²) in [6.07, 6.45) is 1.46. The molecule has 1 aromatic heterocycles. The average molecular weight is 327 g/mol. The molecule has 0 aliphatic rings. The van der Waals surface area contributed by atoms with Gasteiger partial charge >= 0.3 is 0 Å². The SMILES string of the molecule is N#Cc1c(F)cccc1Nc1ncc(Cl)cc1Br. The summed E-state index contributed by atoms with van der Waals surface area (Å²) in [7, 11) is 0. The van der Waals surface area contributed by atoms with Crippen LogP contribution in [0.2, 0.25) is 5.02 Å². The first kappa shape index (κ1) is 12.8. The van der Waals surface area contributed by atoms with Gasteiger partial charge in [-0.05, 0) is 34.1 Å². The lowest BCUT2D eigenvalue weighted by Crippen LogP contribution is -1.98. The molecular weight excluding hydrogens is 321 g/mol. The van der Waals surface area contributed by atoms with Crippen molar-refractivity contribution in [2.75, 3.05) is 5.32 Å². The largest absolute Gasteiger partial charge is 0.338 e. The van der Waals surface area contributed by atoms with Gasteiger partial charge in [0, 0.05) is 6.20 Å². The summed E-state index contributed by atoms with van der Waals surface area (Å²) in [6.45, 7) is 0. The molecule has 2 rings (SSSR count). The van der Waals surface area contributed by atoms with Crippen LogP contribution in [0.25, 0.3) is 0 Å². The molecule has 0 fully saturated rings. The first-order valence-electron chi connectivity index (χ1n) is 4.88. The zero-order valence-electron chi connectivity index (χ0n) is 8.92. The number of nitrogens with zero attached hydrogens (tertiary/aromatic N) is 2. The molecular formula is C12H6BrClFN3. The number of nitrogens with one attached hydrogen (secondary N) is 1. The van der Waals surface area contributed by atoms with Gasteiger partial charge in [-0.3, -0.25) is 0 Å². The molecule has 1 aromatic carbocycles. The number of anilines is 2. The molecule has 0 bridgehead atoms. The molecule has 0 saturated heterocycles. The molecule has 6 heteroatoms. The maximum atomic E-state index is 13.4. The number of hydrogen-bond acceptors (Lipinski definition) is 3. The van der Waals surface area contributed by atoms with Crippen molar-refractivity contribution >= 4 is 39.0 Å². The van der Waals surface area contributed by atoms with Gasteiger partial charge in [0.15, 0.2) is 0 Å². The van der Waals surface area contributed by atoms with E-state index in [9.17, 15) is 4.39 Å². The van der Waals surface area contributed by atoms with E-state index in [0.29, 0.717) is 21.0 Å². The summed E-state index contributed by atoms with van der Waals surface area (Å²) in [5, 5.41) is 12.3. The third-order valence-corrected chi connectivity index (χ3v) is 3.00. The molecule has 90 valence electrons. The summed E-state index contributed by atoms with van der Waals surface area (Å²) < 4.78 is 14.0. The van der Waals surface area contributed by atoms with Crippen molar-refractivity contribution in [2.45, 2.75) is 0 Å². The van der Waals surface area contributed by atoms with Gasteiger partial charge in [-0.25, -0.2) is 9.37 Å². The van der Waals surface area contributed by atoms with Crippen LogP contribution < -0.4 is 5.32 Å². The smallest absolute Gasteiger partial charge is 0.144 e. The topological polar surface area (TPSA) is 48.7 Å². The molecule has 1 N–H and O–H groups in total. The molecule has 3 nitrogen and oxygen atoms in total. The average Bonchev–Trinajstić information content (AvgIpc) is 2.33. The number of benzene rings is 1. The van der Waals surface area contributed by atoms with E-state index in [1.807, 2.05) is 6.07 Å². The monoisotopic (exact) mass is 325 g/mol. The summed E-state index contributed by atoms with van der Waals surface area (Å²) in [5.74, 6) is -0.117. The van der Waals surface area contributed by atoms with Crippen LogP contribution in [-0.2, 0) is 0 Å². The first-order chi connectivity index (χ1) is 8.61. The fourth-order valence-electron chi connectivity index (χ4n) is 1.38. The van der Waals surface area contributed by atoms with Gasteiger partial charge in [0.1, 0.15) is 23.3 Å². The molecule has 0 amide bonds. The van der Waals surface area contributed by atoms with Gasteiger partial charge in [0.2, 0.25) is 0 Å². The number of rotatable bonds is 2. The van der Waals surface area contributed by atoms with Crippen LogP contribution in [0.3, 0.4) is 0 Å². The standard InChI is InChI=1S/C12H6BrClFN3/c13-9-4-7(14)6-17-12(9)18-11-3-1-2-10(15)8(11)5-16/h1-4,6H,(H,17,18). The lowest BCUT2D eigenvalue weighted by Gasteiger charge is -2.09. The fraction of sp³-hybridized carbons (Fsp3) is 0. The summed E-state index contributed by atoms with van der Waals surface area (Å²) in [5.41, 5.74) is 0.300. The van der Waals surface area contributed by atoms with E-state index in [2.05, 4.69) is 26.2 Å². The van der Waals surface area contributed by atoms with Crippen LogP contribution in [0, 0.1) is 17.1 Å². The highest BCUT2D eigenvalue weighted by molar-refractivity contribution is 9.10. The number of nitriles is 1. The van der Waals surface area contributed by atoms with Crippen molar-refractivity contribution in [3.63, 3.8) is 0 Å². The Morgan fingerprint density at radius 1 is 1.44 bits per heavy atom. The van der Waals surface area contributed by atoms with E-state index in [4.69, 9.17) is 16.9 Å². The minimum Gasteiger partial charge on any atom is -0.338 e. The number of pyridine rings is 1. The number of halogens is 3. The van der Waals surface area contributed by atoms with Crippen molar-refractivity contribution in [2.24, 2.45) is 0 Å². The molecule has 0 aliphatic heterocycles. The van der Waals surface area contributed by atoms with Crippen LogP contribution in [0.15, 0.2) is 34.9 Å². The van der Waals surface area contributed by atoms with Crippen LogP contribution in [0.5, 0.6) is 0 Å². The van der Waals surface area contributed by atoms with Crippen molar-refractivity contribution in [1.82, 2.24) is 4.98 Å². The van der Waals surface area contributed by atoms with E-state index in [1.54, 1.807) is 12.1 Å². The highest BCUT2D eigenvalue weighted by Gasteiger charge is 2.10. The van der Waals surface area contributed by atoms with Gasteiger partial charge < -0.3 is 5.32 Å². The fourth-order valence-corrected chi connectivity index (χ4v) is 2.11. The Balaban J connectivity index is 2.41. The lowest BCUT2D eigenvalue weighted by molar-refractivity contribution is 0.624. The molecule has 18 heavy (non-hydrogen) atoms. The molecule has 1 heterocycles. The summed E-state index contributed by atoms with van der Waals surface area (Å²) >= 11 is 9.05. The Bertz CT molecular complexity index is 640. The van der Waals surface area contributed by atoms with Gasteiger partial charge in [-0.1, -0.05) is 17.7 Å². The highest BCUT2D eigenvalue weighted by Crippen LogP contribution is 2.28. The van der Waals surface area contributed by atoms with Crippen molar-refractivity contribution < 1.29 is 4.39 Å². The zero-order chi connectivity index (χ0) is 13.1. The van der Waals surface area contributed by atoms with Gasteiger partial charge in [-0.2, -0.15) is 5.26 Å². The van der Waals surface area contributed by atoms with E-state index >= 15 is 0 Å². The summed E-state index contributed by atoms with van der Waals surface area (Å²) in [4.78, 5) is 4.06. The maximum Gasteiger partial charge on any atom is 0.144 e. The Labute approximate surface area is 116 Å². The van der Waals surface area contributed by atoms with Gasteiger partial charge in [0.05, 0.1) is 15.2 Å². The van der Waals surface area contributed by atoms with E-state index in [1.165, 1.54) is 18.3 Å². The van der Waals surface area contributed by atoms with E-state index in [0.717, 1.165) is 0 Å². The Hall–Kier alpha value is -1.64. The zero-order valence-corrected chi connectivity index (χ0v) is 11.3. The second-order valence-electron chi connectivity index (χ2n) is 3.38. The van der Waals surface area contributed by atoms with Crippen LogP contribution >= 0.6 is 27.5 Å². The summed E-state index contributed by atoms with van der Waals surface area (Å²) in [6, 6.07) is 7.81. The van der Waals surface area contributed by atoms with Crippen molar-refractivity contribution in [3.05, 3.63) is 51.3 Å². The Morgan fingerprint density at radius 3 is 2.89 bits per heavy atom. The molecule has 2 aromatic rings. The Kier molecular flexibility index (Phi) is 3.80. The molecule has 0 saturated carbocycles. The van der Waals surface area contributed by atoms with Crippen molar-refractivity contribution in [3.8, 4) is 6.07 Å². The number of aromatic nitrogens is 1. The van der Waals surface area contributed by atoms with E-state index in [-0.39, 0.29) is 5.56 Å². The third kappa shape index (κ3) is 2.61. The van der Waals surface area contributed by atoms with Crippen LogP contribution in [0.4, 0.5) is 15.9 Å². The maximum absolute atomic E-state index is 13.4. The normalized spacial score (nSPS) is 9.89. The first-order valence-corrected chi connectivity index (χ1v) is 6.05. The van der Waals surface area contributed by atoms with Crippen LogP contribution in [0.1, 0.15) is 5.56 Å². The molecule has 0 unspecified atom stereocenters. The molecule has 0 spiro atoms. The number of hydrogen-bond donors (Lipinski definition) is 1. The second-order valence-corrected chi connectivity index (χ2v) is 4.67.